The highest BCUT2D eigenvalue weighted by Gasteiger charge is 2.45. The van der Waals surface area contributed by atoms with Crippen LogP contribution in [0.3, 0.4) is 0 Å². The molecule has 1 saturated heterocycles. The highest BCUT2D eigenvalue weighted by Crippen LogP contribution is 2.47. The van der Waals surface area contributed by atoms with Crippen LogP contribution in [0.2, 0.25) is 0 Å². The molecule has 2 atom stereocenters. The molecule has 4 aromatic carbocycles. The van der Waals surface area contributed by atoms with E-state index >= 15 is 0 Å². The first-order chi connectivity index (χ1) is 17.4. The lowest BCUT2D eigenvalue weighted by molar-refractivity contribution is 0.260. The first kappa shape index (κ1) is 23.8. The van der Waals surface area contributed by atoms with E-state index < -0.39 is 11.6 Å². The van der Waals surface area contributed by atoms with Gasteiger partial charge < -0.3 is 20.0 Å². The van der Waals surface area contributed by atoms with Crippen molar-refractivity contribution in [3.8, 4) is 11.5 Å². The minimum Gasteiger partial charge on any atom is -0.507 e. The van der Waals surface area contributed by atoms with Gasteiger partial charge in [-0.05, 0) is 35.5 Å². The maximum absolute atomic E-state index is 13.7. The standard InChI is InChI=1S/C29H24F2N2O2S/c30-23-13-11-21(25(34)15-23)17-32-27(19-7-3-1-4-8-19)28(20-9-5-2-6-10-20)33(29(32)36)18-22-12-14-24(31)16-26(22)35/h1-16,27-28,34-35H,17-18H2/t27-,28-/m1/s1. The van der Waals surface area contributed by atoms with Crippen LogP contribution in [-0.2, 0) is 13.1 Å². The molecule has 1 aliphatic rings. The quantitative estimate of drug-likeness (QED) is 0.296. The number of hydrogen-bond donors (Lipinski definition) is 2. The molecular formula is C29H24F2N2O2S. The third kappa shape index (κ3) is 4.62. The third-order valence-corrected chi connectivity index (χ3v) is 6.99. The fourth-order valence-corrected chi connectivity index (χ4v) is 5.17. The molecule has 0 bridgehead atoms. The van der Waals surface area contributed by atoms with Crippen molar-refractivity contribution in [3.05, 3.63) is 131 Å². The van der Waals surface area contributed by atoms with Gasteiger partial charge in [0, 0.05) is 36.3 Å². The third-order valence-electron chi connectivity index (χ3n) is 6.52. The molecule has 182 valence electrons. The number of hydrogen-bond acceptors (Lipinski definition) is 3. The number of halogens is 2. The van der Waals surface area contributed by atoms with Gasteiger partial charge in [0.1, 0.15) is 23.1 Å². The monoisotopic (exact) mass is 502 g/mol. The Morgan fingerprint density at radius 2 is 1.00 bits per heavy atom. The summed E-state index contributed by atoms with van der Waals surface area (Å²) in [7, 11) is 0. The van der Waals surface area contributed by atoms with Gasteiger partial charge in [0.25, 0.3) is 0 Å². The average Bonchev–Trinajstić information content (AvgIpc) is 3.14. The van der Waals surface area contributed by atoms with Crippen molar-refractivity contribution < 1.29 is 19.0 Å². The summed E-state index contributed by atoms with van der Waals surface area (Å²) in [5.74, 6) is -1.32. The van der Waals surface area contributed by atoms with Crippen LogP contribution < -0.4 is 0 Å². The molecule has 0 saturated carbocycles. The highest BCUT2D eigenvalue weighted by molar-refractivity contribution is 7.80. The highest BCUT2D eigenvalue weighted by atomic mass is 32.1. The first-order valence-corrected chi connectivity index (χ1v) is 11.9. The molecule has 0 aromatic heterocycles. The topological polar surface area (TPSA) is 46.9 Å². The lowest BCUT2D eigenvalue weighted by atomic mass is 9.92. The largest absolute Gasteiger partial charge is 0.507 e. The second kappa shape index (κ2) is 9.95. The molecule has 0 spiro atoms. The van der Waals surface area contributed by atoms with E-state index in [4.69, 9.17) is 12.2 Å². The Bertz CT molecular complexity index is 1280. The van der Waals surface area contributed by atoms with Crippen molar-refractivity contribution in [2.45, 2.75) is 25.2 Å². The number of thiocarbonyl (C=S) groups is 1. The Balaban J connectivity index is 1.63. The van der Waals surface area contributed by atoms with Gasteiger partial charge in [-0.15, -0.1) is 0 Å². The fraction of sp³-hybridized carbons (Fsp3) is 0.138. The molecule has 0 unspecified atom stereocenters. The number of phenols is 2. The summed E-state index contributed by atoms with van der Waals surface area (Å²) < 4.78 is 27.4. The second-order valence-electron chi connectivity index (χ2n) is 8.80. The van der Waals surface area contributed by atoms with Gasteiger partial charge in [0.2, 0.25) is 0 Å². The van der Waals surface area contributed by atoms with Gasteiger partial charge in [-0.2, -0.15) is 0 Å². The molecule has 4 nitrogen and oxygen atoms in total. The smallest absolute Gasteiger partial charge is 0.173 e. The molecule has 5 rings (SSSR count). The summed E-state index contributed by atoms with van der Waals surface area (Å²) in [6.07, 6.45) is 0. The van der Waals surface area contributed by atoms with Crippen molar-refractivity contribution in [1.29, 1.82) is 0 Å². The number of phenolic OH excluding ortho intramolecular Hbond substituents is 2. The van der Waals surface area contributed by atoms with Crippen LogP contribution >= 0.6 is 12.2 Å². The lowest BCUT2D eigenvalue weighted by Gasteiger charge is -2.30. The maximum Gasteiger partial charge on any atom is 0.173 e. The van der Waals surface area contributed by atoms with E-state index in [0.717, 1.165) is 23.3 Å². The fourth-order valence-electron chi connectivity index (χ4n) is 4.81. The van der Waals surface area contributed by atoms with Gasteiger partial charge in [-0.1, -0.05) is 72.8 Å². The van der Waals surface area contributed by atoms with Crippen LogP contribution in [0.25, 0.3) is 0 Å². The Kier molecular flexibility index (Phi) is 6.57. The molecule has 7 heteroatoms. The van der Waals surface area contributed by atoms with Gasteiger partial charge in [-0.25, -0.2) is 8.78 Å². The molecular weight excluding hydrogens is 478 g/mol. The number of nitrogens with zero attached hydrogens (tertiary/aromatic N) is 2. The lowest BCUT2D eigenvalue weighted by Crippen LogP contribution is -2.32. The molecule has 1 fully saturated rings. The van der Waals surface area contributed by atoms with E-state index in [1.54, 1.807) is 12.1 Å². The van der Waals surface area contributed by atoms with E-state index in [1.807, 2.05) is 70.5 Å². The number of aromatic hydroxyl groups is 2. The average molecular weight is 503 g/mol. The molecule has 36 heavy (non-hydrogen) atoms. The first-order valence-electron chi connectivity index (χ1n) is 11.5. The Morgan fingerprint density at radius 1 is 0.611 bits per heavy atom. The molecule has 0 amide bonds. The van der Waals surface area contributed by atoms with E-state index in [0.29, 0.717) is 16.2 Å². The molecule has 0 radical (unpaired) electrons. The number of rotatable bonds is 6. The van der Waals surface area contributed by atoms with Gasteiger partial charge in [0.15, 0.2) is 5.11 Å². The van der Waals surface area contributed by atoms with Crippen LogP contribution in [0.5, 0.6) is 11.5 Å². The minimum absolute atomic E-state index is 0.143. The zero-order chi connectivity index (χ0) is 25.2. The normalized spacial score (nSPS) is 17.6. The van der Waals surface area contributed by atoms with Crippen molar-refractivity contribution in [1.82, 2.24) is 9.80 Å². The molecule has 4 aromatic rings. The molecule has 2 N–H and O–H groups in total. The summed E-state index contributed by atoms with van der Waals surface area (Å²) in [5.41, 5.74) is 3.11. The van der Waals surface area contributed by atoms with E-state index in [-0.39, 0.29) is 36.7 Å². The van der Waals surface area contributed by atoms with Gasteiger partial charge in [-0.3, -0.25) is 0 Å². The molecule has 1 heterocycles. The summed E-state index contributed by atoms with van der Waals surface area (Å²) >= 11 is 5.99. The molecule has 0 aliphatic carbocycles. The summed E-state index contributed by atoms with van der Waals surface area (Å²) in [5, 5.41) is 21.4. The van der Waals surface area contributed by atoms with Crippen molar-refractivity contribution >= 4 is 17.3 Å². The maximum atomic E-state index is 13.7. The van der Waals surface area contributed by atoms with E-state index in [1.165, 1.54) is 12.1 Å². The Hall–Kier alpha value is -3.97. The van der Waals surface area contributed by atoms with Crippen LogP contribution in [0.1, 0.15) is 34.3 Å². The van der Waals surface area contributed by atoms with Crippen LogP contribution in [-0.4, -0.2) is 25.1 Å². The van der Waals surface area contributed by atoms with Crippen molar-refractivity contribution in [2.24, 2.45) is 0 Å². The zero-order valence-corrected chi connectivity index (χ0v) is 20.1. The van der Waals surface area contributed by atoms with Crippen LogP contribution in [0.4, 0.5) is 8.78 Å². The van der Waals surface area contributed by atoms with Crippen molar-refractivity contribution in [3.63, 3.8) is 0 Å². The van der Waals surface area contributed by atoms with Crippen LogP contribution in [0, 0.1) is 11.6 Å². The summed E-state index contributed by atoms with van der Waals surface area (Å²) in [4.78, 5) is 4.02. The van der Waals surface area contributed by atoms with Crippen LogP contribution in [0.15, 0.2) is 97.1 Å². The number of benzene rings is 4. The zero-order valence-electron chi connectivity index (χ0n) is 19.3. The van der Waals surface area contributed by atoms with Crippen molar-refractivity contribution in [2.75, 3.05) is 0 Å². The van der Waals surface area contributed by atoms with Gasteiger partial charge >= 0.3 is 0 Å². The Morgan fingerprint density at radius 3 is 1.36 bits per heavy atom. The molecule has 1 aliphatic heterocycles. The second-order valence-corrected chi connectivity index (χ2v) is 9.16. The minimum atomic E-state index is -0.518. The predicted molar refractivity (Wildman–Crippen MR) is 138 cm³/mol. The SMILES string of the molecule is Oc1cc(F)ccc1CN1C(=S)N(Cc2ccc(F)cc2O)[C@H](c2ccccc2)[C@H]1c1ccccc1. The Labute approximate surface area is 213 Å². The predicted octanol–water partition coefficient (Wildman–Crippen LogP) is 6.46. The summed E-state index contributed by atoms with van der Waals surface area (Å²) in [6, 6.07) is 27.3. The van der Waals surface area contributed by atoms with Gasteiger partial charge in [0.05, 0.1) is 12.1 Å². The summed E-state index contributed by atoms with van der Waals surface area (Å²) in [6.45, 7) is 0.499. The van der Waals surface area contributed by atoms with E-state index in [9.17, 15) is 19.0 Å². The van der Waals surface area contributed by atoms with E-state index in [2.05, 4.69) is 0 Å².